The van der Waals surface area contributed by atoms with Crippen LogP contribution in [0.1, 0.15) is 27.2 Å². The van der Waals surface area contributed by atoms with Crippen LogP contribution in [0.3, 0.4) is 0 Å². The Morgan fingerprint density at radius 1 is 1.30 bits per heavy atom. The molecule has 0 aromatic heterocycles. The summed E-state index contributed by atoms with van der Waals surface area (Å²) in [5.74, 6) is 0.0208. The number of ether oxygens (including phenoxy) is 2. The first-order valence-corrected chi connectivity index (χ1v) is 3.72. The van der Waals surface area contributed by atoms with Gasteiger partial charge in [-0.3, -0.25) is 0 Å². The van der Waals surface area contributed by atoms with Crippen LogP contribution in [0.25, 0.3) is 0 Å². The average Bonchev–Trinajstić information content (AvgIpc) is 2.35. The van der Waals surface area contributed by atoms with Crippen molar-refractivity contribution in [1.29, 1.82) is 0 Å². The second kappa shape index (κ2) is 2.52. The van der Waals surface area contributed by atoms with E-state index in [0.717, 1.165) is 6.42 Å². The molecule has 0 amide bonds. The molecule has 1 rings (SSSR count). The lowest BCUT2D eigenvalue weighted by molar-refractivity contribution is -0.174. The standard InChI is InChI=1S/C8H14O2/c1-4-8(7(2)3)9-5-6-10-8/h5-7H,4H2,1-3H3. The van der Waals surface area contributed by atoms with Crippen LogP contribution in [0.5, 0.6) is 0 Å². The van der Waals surface area contributed by atoms with Gasteiger partial charge in [-0.15, -0.1) is 0 Å². The summed E-state index contributed by atoms with van der Waals surface area (Å²) in [6.07, 6.45) is 4.12. The van der Waals surface area contributed by atoms with Gasteiger partial charge in [-0.05, 0) is 0 Å². The van der Waals surface area contributed by atoms with E-state index in [9.17, 15) is 0 Å². The van der Waals surface area contributed by atoms with Crippen molar-refractivity contribution >= 4 is 0 Å². The monoisotopic (exact) mass is 142 g/mol. The van der Waals surface area contributed by atoms with Gasteiger partial charge >= 0.3 is 0 Å². The van der Waals surface area contributed by atoms with Crippen molar-refractivity contribution < 1.29 is 9.47 Å². The third-order valence-corrected chi connectivity index (χ3v) is 1.96. The molecule has 0 fully saturated rings. The summed E-state index contributed by atoms with van der Waals surface area (Å²) in [4.78, 5) is 0. The van der Waals surface area contributed by atoms with Gasteiger partial charge in [-0.2, -0.15) is 0 Å². The lowest BCUT2D eigenvalue weighted by atomic mass is 10.0. The highest BCUT2D eigenvalue weighted by Gasteiger charge is 2.37. The Morgan fingerprint density at radius 3 is 2.00 bits per heavy atom. The highest BCUT2D eigenvalue weighted by Crippen LogP contribution is 2.31. The summed E-state index contributed by atoms with van der Waals surface area (Å²) in [6, 6.07) is 0. The SMILES string of the molecule is CCC1(C(C)C)OC=CO1. The molecule has 0 bridgehead atoms. The molecule has 1 aliphatic rings. The summed E-state index contributed by atoms with van der Waals surface area (Å²) < 4.78 is 10.7. The maximum absolute atomic E-state index is 5.35. The fraction of sp³-hybridized carbons (Fsp3) is 0.750. The van der Waals surface area contributed by atoms with E-state index >= 15 is 0 Å². The quantitative estimate of drug-likeness (QED) is 0.588. The maximum Gasteiger partial charge on any atom is 0.251 e. The third-order valence-electron chi connectivity index (χ3n) is 1.96. The van der Waals surface area contributed by atoms with E-state index in [1.165, 1.54) is 0 Å². The lowest BCUT2D eigenvalue weighted by Crippen LogP contribution is -2.35. The van der Waals surface area contributed by atoms with Crippen LogP contribution in [0.4, 0.5) is 0 Å². The third kappa shape index (κ3) is 0.981. The molecule has 1 heterocycles. The van der Waals surface area contributed by atoms with E-state index in [2.05, 4.69) is 20.8 Å². The van der Waals surface area contributed by atoms with Gasteiger partial charge in [0.15, 0.2) is 0 Å². The van der Waals surface area contributed by atoms with Gasteiger partial charge in [-0.25, -0.2) is 0 Å². The molecule has 0 atom stereocenters. The molecule has 0 radical (unpaired) electrons. The zero-order valence-corrected chi connectivity index (χ0v) is 6.76. The van der Waals surface area contributed by atoms with Crippen molar-refractivity contribution in [1.82, 2.24) is 0 Å². The summed E-state index contributed by atoms with van der Waals surface area (Å²) in [5.41, 5.74) is 0. The Hall–Kier alpha value is -0.660. The Balaban J connectivity index is 2.61. The van der Waals surface area contributed by atoms with Crippen LogP contribution >= 0.6 is 0 Å². The van der Waals surface area contributed by atoms with E-state index in [-0.39, 0.29) is 5.79 Å². The van der Waals surface area contributed by atoms with Crippen molar-refractivity contribution in [2.24, 2.45) is 5.92 Å². The first kappa shape index (κ1) is 7.45. The van der Waals surface area contributed by atoms with Gasteiger partial charge in [0.1, 0.15) is 12.5 Å². The van der Waals surface area contributed by atoms with E-state index < -0.39 is 0 Å². The van der Waals surface area contributed by atoms with Crippen LogP contribution in [0, 0.1) is 5.92 Å². The molecule has 0 saturated heterocycles. The van der Waals surface area contributed by atoms with Crippen LogP contribution in [-0.2, 0) is 9.47 Å². The number of hydrogen-bond donors (Lipinski definition) is 0. The Kier molecular flexibility index (Phi) is 1.88. The average molecular weight is 142 g/mol. The van der Waals surface area contributed by atoms with Crippen molar-refractivity contribution in [3.05, 3.63) is 12.5 Å². The number of rotatable bonds is 2. The molecule has 1 aliphatic heterocycles. The van der Waals surface area contributed by atoms with Gasteiger partial charge in [-0.1, -0.05) is 20.8 Å². The van der Waals surface area contributed by atoms with Crippen LogP contribution < -0.4 is 0 Å². The second-order valence-corrected chi connectivity index (χ2v) is 2.83. The van der Waals surface area contributed by atoms with Crippen LogP contribution in [-0.4, -0.2) is 5.79 Å². The normalized spacial score (nSPS) is 20.8. The highest BCUT2D eigenvalue weighted by atomic mass is 16.7. The second-order valence-electron chi connectivity index (χ2n) is 2.83. The Labute approximate surface area is 61.8 Å². The van der Waals surface area contributed by atoms with E-state index in [1.54, 1.807) is 12.5 Å². The summed E-state index contributed by atoms with van der Waals surface area (Å²) in [5, 5.41) is 0. The topological polar surface area (TPSA) is 18.5 Å². The first-order valence-electron chi connectivity index (χ1n) is 3.72. The first-order chi connectivity index (χ1) is 4.71. The highest BCUT2D eigenvalue weighted by molar-refractivity contribution is 4.84. The molecule has 0 saturated carbocycles. The zero-order chi connectivity index (χ0) is 7.61. The van der Waals surface area contributed by atoms with Crippen LogP contribution in [0.15, 0.2) is 12.5 Å². The smallest absolute Gasteiger partial charge is 0.251 e. The lowest BCUT2D eigenvalue weighted by Gasteiger charge is -2.29. The van der Waals surface area contributed by atoms with Crippen LogP contribution in [0.2, 0.25) is 0 Å². The van der Waals surface area contributed by atoms with Gasteiger partial charge in [0.25, 0.3) is 5.79 Å². The molecule has 2 heteroatoms. The van der Waals surface area contributed by atoms with Gasteiger partial charge < -0.3 is 9.47 Å². The van der Waals surface area contributed by atoms with Gasteiger partial charge in [0.05, 0.1) is 0 Å². The molecule has 0 unspecified atom stereocenters. The zero-order valence-electron chi connectivity index (χ0n) is 6.76. The predicted octanol–water partition coefficient (Wildman–Crippen LogP) is 2.27. The van der Waals surface area contributed by atoms with E-state index in [0.29, 0.717) is 5.92 Å². The van der Waals surface area contributed by atoms with E-state index in [1.807, 2.05) is 0 Å². The minimum atomic E-state index is -0.375. The molecule has 0 aromatic carbocycles. The van der Waals surface area contributed by atoms with E-state index in [4.69, 9.17) is 9.47 Å². The largest absolute Gasteiger partial charge is 0.457 e. The molecule has 10 heavy (non-hydrogen) atoms. The molecular weight excluding hydrogens is 128 g/mol. The van der Waals surface area contributed by atoms with Crippen molar-refractivity contribution in [3.8, 4) is 0 Å². The Bertz CT molecular complexity index is 130. The van der Waals surface area contributed by atoms with Crippen molar-refractivity contribution in [2.75, 3.05) is 0 Å². The molecular formula is C8H14O2. The summed E-state index contributed by atoms with van der Waals surface area (Å²) in [7, 11) is 0. The molecule has 2 nitrogen and oxygen atoms in total. The summed E-state index contributed by atoms with van der Waals surface area (Å²) in [6.45, 7) is 6.25. The molecule has 0 spiro atoms. The molecule has 0 aliphatic carbocycles. The van der Waals surface area contributed by atoms with Gasteiger partial charge in [0.2, 0.25) is 0 Å². The predicted molar refractivity (Wildman–Crippen MR) is 39.2 cm³/mol. The maximum atomic E-state index is 5.35. The fourth-order valence-electron chi connectivity index (χ4n) is 1.16. The molecule has 0 aromatic rings. The van der Waals surface area contributed by atoms with Crippen molar-refractivity contribution in [3.63, 3.8) is 0 Å². The minimum absolute atomic E-state index is 0.375. The molecule has 0 N–H and O–H groups in total. The molecule has 58 valence electrons. The van der Waals surface area contributed by atoms with Crippen molar-refractivity contribution in [2.45, 2.75) is 33.0 Å². The minimum Gasteiger partial charge on any atom is -0.457 e. The van der Waals surface area contributed by atoms with Gasteiger partial charge in [0, 0.05) is 12.3 Å². The fourth-order valence-corrected chi connectivity index (χ4v) is 1.16. The summed E-state index contributed by atoms with van der Waals surface area (Å²) >= 11 is 0. The Morgan fingerprint density at radius 2 is 1.80 bits per heavy atom. The number of hydrogen-bond acceptors (Lipinski definition) is 2.